The molecular weight excluding hydrogens is 418 g/mol. The van der Waals surface area contributed by atoms with Gasteiger partial charge in [-0.05, 0) is 76.1 Å². The van der Waals surface area contributed by atoms with Crippen LogP contribution in [0, 0.1) is 0 Å². The Morgan fingerprint density at radius 1 is 1.06 bits per heavy atom. The van der Waals surface area contributed by atoms with E-state index in [4.69, 9.17) is 14.6 Å². The number of hydrogen-bond donors (Lipinski definition) is 0. The van der Waals surface area contributed by atoms with Crippen molar-refractivity contribution in [2.24, 2.45) is 0 Å². The van der Waals surface area contributed by atoms with Crippen LogP contribution in [0.5, 0.6) is 11.5 Å². The van der Waals surface area contributed by atoms with Gasteiger partial charge in [0, 0.05) is 18.7 Å². The zero-order chi connectivity index (χ0) is 23.4. The maximum Gasteiger partial charge on any atom is 0.410 e. The molecule has 1 saturated heterocycles. The van der Waals surface area contributed by atoms with Gasteiger partial charge in [0.2, 0.25) is 0 Å². The van der Waals surface area contributed by atoms with E-state index in [2.05, 4.69) is 0 Å². The van der Waals surface area contributed by atoms with Crippen molar-refractivity contribution in [3.63, 3.8) is 0 Å². The minimum Gasteiger partial charge on any atom is -0.457 e. The lowest BCUT2D eigenvalue weighted by molar-refractivity contribution is 0.0167. The molecular formula is C26H29N3O4. The highest BCUT2D eigenvalue weighted by Gasteiger charge is 2.30. The summed E-state index contributed by atoms with van der Waals surface area (Å²) in [5.41, 5.74) is 1.54. The van der Waals surface area contributed by atoms with Crippen LogP contribution in [0.3, 0.4) is 0 Å². The Bertz CT molecular complexity index is 1100. The molecule has 1 atom stereocenters. The van der Waals surface area contributed by atoms with Crippen molar-refractivity contribution in [3.05, 3.63) is 66.4 Å². The fraction of sp³-hybridized carbons (Fsp3) is 0.346. The van der Waals surface area contributed by atoms with Crippen LogP contribution in [0.2, 0.25) is 0 Å². The molecule has 33 heavy (non-hydrogen) atoms. The Morgan fingerprint density at radius 3 is 2.42 bits per heavy atom. The summed E-state index contributed by atoms with van der Waals surface area (Å²) in [5.74, 6) is 1.49. The van der Waals surface area contributed by atoms with Gasteiger partial charge in [0.15, 0.2) is 6.29 Å². The van der Waals surface area contributed by atoms with E-state index in [9.17, 15) is 9.59 Å². The molecule has 7 heteroatoms. The van der Waals surface area contributed by atoms with E-state index in [0.29, 0.717) is 24.5 Å². The third-order valence-electron chi connectivity index (χ3n) is 5.41. The largest absolute Gasteiger partial charge is 0.457 e. The van der Waals surface area contributed by atoms with E-state index < -0.39 is 5.60 Å². The van der Waals surface area contributed by atoms with Gasteiger partial charge in [-0.1, -0.05) is 18.2 Å². The minimum absolute atomic E-state index is 0.0825. The van der Waals surface area contributed by atoms with Gasteiger partial charge in [0.25, 0.3) is 0 Å². The molecule has 172 valence electrons. The third-order valence-corrected chi connectivity index (χ3v) is 5.41. The molecule has 1 unspecified atom stereocenters. The van der Waals surface area contributed by atoms with Crippen molar-refractivity contribution in [2.75, 3.05) is 13.1 Å². The van der Waals surface area contributed by atoms with Gasteiger partial charge in [-0.25, -0.2) is 4.79 Å². The Labute approximate surface area is 193 Å². The molecule has 0 bridgehead atoms. The summed E-state index contributed by atoms with van der Waals surface area (Å²) in [4.78, 5) is 26.0. The average molecular weight is 448 g/mol. The number of rotatable bonds is 5. The molecule has 1 aliphatic rings. The molecule has 0 spiro atoms. The van der Waals surface area contributed by atoms with Gasteiger partial charge in [-0.2, -0.15) is 5.10 Å². The lowest BCUT2D eigenvalue weighted by atomic mass is 10.1. The van der Waals surface area contributed by atoms with Gasteiger partial charge in [-0.3, -0.25) is 9.48 Å². The highest BCUT2D eigenvalue weighted by atomic mass is 16.6. The number of ether oxygens (including phenoxy) is 2. The molecule has 1 fully saturated rings. The van der Waals surface area contributed by atoms with E-state index >= 15 is 0 Å². The Hall–Kier alpha value is -3.61. The summed E-state index contributed by atoms with van der Waals surface area (Å²) in [7, 11) is 0. The summed E-state index contributed by atoms with van der Waals surface area (Å²) in [6.45, 7) is 6.66. The van der Waals surface area contributed by atoms with E-state index in [0.717, 1.165) is 36.2 Å². The van der Waals surface area contributed by atoms with Crippen LogP contribution in [0.15, 0.2) is 60.7 Å². The van der Waals surface area contributed by atoms with Crippen LogP contribution in [0.25, 0.3) is 11.3 Å². The van der Waals surface area contributed by atoms with Crippen LogP contribution in [0.4, 0.5) is 4.79 Å². The molecule has 3 aromatic rings. The average Bonchev–Trinajstić information content (AvgIpc) is 3.24. The topological polar surface area (TPSA) is 73.7 Å². The van der Waals surface area contributed by atoms with Gasteiger partial charge in [0.05, 0.1) is 11.7 Å². The highest BCUT2D eigenvalue weighted by Crippen LogP contribution is 2.29. The lowest BCUT2D eigenvalue weighted by Gasteiger charge is -2.34. The second kappa shape index (κ2) is 9.48. The van der Waals surface area contributed by atoms with Crippen molar-refractivity contribution in [3.8, 4) is 22.8 Å². The number of benzene rings is 2. The van der Waals surface area contributed by atoms with Crippen molar-refractivity contribution < 1.29 is 19.1 Å². The van der Waals surface area contributed by atoms with Crippen LogP contribution < -0.4 is 4.74 Å². The summed E-state index contributed by atoms with van der Waals surface area (Å²) < 4.78 is 13.1. The van der Waals surface area contributed by atoms with Crippen molar-refractivity contribution in [1.29, 1.82) is 0 Å². The molecule has 0 radical (unpaired) electrons. The Balaban J connectivity index is 1.50. The van der Waals surface area contributed by atoms with Crippen LogP contribution in [-0.2, 0) is 4.74 Å². The van der Waals surface area contributed by atoms with Crippen molar-refractivity contribution in [1.82, 2.24) is 14.7 Å². The molecule has 0 saturated carbocycles. The quantitative estimate of drug-likeness (QED) is 0.467. The second-order valence-electron chi connectivity index (χ2n) is 9.18. The molecule has 1 aromatic heterocycles. The Morgan fingerprint density at radius 2 is 1.76 bits per heavy atom. The standard InChI is InChI=1S/C26H29N3O4/c1-26(2,3)33-25(31)28-15-7-8-20(17-28)29-21(18-30)16-24(27-29)19-11-13-23(14-12-19)32-22-9-5-4-6-10-22/h4-6,9-14,16,18,20H,7-8,15,17H2,1-3H3. The maximum absolute atomic E-state index is 12.5. The monoisotopic (exact) mass is 447 g/mol. The summed E-state index contributed by atoms with van der Waals surface area (Å²) >= 11 is 0. The van der Waals surface area contributed by atoms with Crippen LogP contribution in [0.1, 0.15) is 50.1 Å². The van der Waals surface area contributed by atoms with Crippen LogP contribution >= 0.6 is 0 Å². The van der Waals surface area contributed by atoms with Gasteiger partial charge in [0.1, 0.15) is 22.8 Å². The lowest BCUT2D eigenvalue weighted by Crippen LogP contribution is -2.43. The number of nitrogens with zero attached hydrogens (tertiary/aromatic N) is 3. The fourth-order valence-electron chi connectivity index (χ4n) is 3.90. The predicted molar refractivity (Wildman–Crippen MR) is 126 cm³/mol. The number of para-hydroxylation sites is 1. The number of piperidine rings is 1. The van der Waals surface area contributed by atoms with Gasteiger partial charge in [-0.15, -0.1) is 0 Å². The SMILES string of the molecule is CC(C)(C)OC(=O)N1CCCC(n2nc(-c3ccc(Oc4ccccc4)cc3)cc2C=O)C1. The first-order valence-corrected chi connectivity index (χ1v) is 11.2. The number of aromatic nitrogens is 2. The molecule has 1 aliphatic heterocycles. The van der Waals surface area contributed by atoms with E-state index in [1.807, 2.05) is 75.4 Å². The molecule has 2 heterocycles. The van der Waals surface area contributed by atoms with Crippen LogP contribution in [-0.4, -0.2) is 45.8 Å². The summed E-state index contributed by atoms with van der Waals surface area (Å²) in [6.07, 6.45) is 2.14. The predicted octanol–water partition coefficient (Wildman–Crippen LogP) is 5.73. The van der Waals surface area contributed by atoms with Crippen molar-refractivity contribution >= 4 is 12.4 Å². The number of hydrogen-bond acceptors (Lipinski definition) is 5. The molecule has 0 N–H and O–H groups in total. The normalized spacial score (nSPS) is 16.3. The van der Waals surface area contributed by atoms with Crippen molar-refractivity contribution in [2.45, 2.75) is 45.3 Å². The smallest absolute Gasteiger partial charge is 0.410 e. The van der Waals surface area contributed by atoms with E-state index in [1.54, 1.807) is 15.6 Å². The fourth-order valence-corrected chi connectivity index (χ4v) is 3.90. The van der Waals surface area contributed by atoms with E-state index in [-0.39, 0.29) is 12.1 Å². The molecule has 2 aromatic carbocycles. The molecule has 1 amide bonds. The minimum atomic E-state index is -0.548. The third kappa shape index (κ3) is 5.61. The zero-order valence-corrected chi connectivity index (χ0v) is 19.2. The first-order valence-electron chi connectivity index (χ1n) is 11.2. The first kappa shape index (κ1) is 22.6. The second-order valence-corrected chi connectivity index (χ2v) is 9.18. The summed E-state index contributed by atoms with van der Waals surface area (Å²) in [5, 5.41) is 4.72. The number of aldehydes is 1. The first-order chi connectivity index (χ1) is 15.8. The summed E-state index contributed by atoms with van der Waals surface area (Å²) in [6, 6.07) is 18.9. The number of likely N-dealkylation sites (tertiary alicyclic amines) is 1. The van der Waals surface area contributed by atoms with E-state index in [1.165, 1.54) is 0 Å². The highest BCUT2D eigenvalue weighted by molar-refractivity contribution is 5.76. The number of carbonyl (C=O) groups excluding carboxylic acids is 2. The Kier molecular flexibility index (Phi) is 6.49. The molecule has 4 rings (SSSR count). The maximum atomic E-state index is 12.5. The van der Waals surface area contributed by atoms with Gasteiger partial charge >= 0.3 is 6.09 Å². The number of carbonyl (C=O) groups is 2. The molecule has 7 nitrogen and oxygen atoms in total. The van der Waals surface area contributed by atoms with Gasteiger partial charge < -0.3 is 14.4 Å². The number of amides is 1. The molecule has 0 aliphatic carbocycles. The zero-order valence-electron chi connectivity index (χ0n) is 19.2.